The van der Waals surface area contributed by atoms with Gasteiger partial charge in [0.05, 0.1) is 17.0 Å². The molecule has 2 N–H and O–H groups in total. The molecule has 23 heavy (non-hydrogen) atoms. The number of fused-ring (bicyclic) bond motifs is 1. The minimum Gasteiger partial charge on any atom is -0.493 e. The molecule has 1 aliphatic rings. The number of azo groups is 1. The number of nitrogens with zero attached hydrogens (tertiary/aromatic N) is 3. The second-order valence-corrected chi connectivity index (χ2v) is 8.11. The van der Waals surface area contributed by atoms with Gasteiger partial charge in [0, 0.05) is 18.5 Å². The van der Waals surface area contributed by atoms with Crippen LogP contribution in [0.4, 0.5) is 5.69 Å². The Kier molecular flexibility index (Phi) is 4.07. The second-order valence-electron chi connectivity index (χ2n) is 5.50. The first-order chi connectivity index (χ1) is 10.9. The molecule has 2 aromatic rings. The number of sulfone groups is 1. The lowest BCUT2D eigenvalue weighted by Gasteiger charge is -2.08. The largest absolute Gasteiger partial charge is 0.493 e. The molecule has 1 aliphatic heterocycles. The van der Waals surface area contributed by atoms with E-state index in [1.165, 1.54) is 0 Å². The van der Waals surface area contributed by atoms with Gasteiger partial charge in [-0.25, -0.2) is 8.42 Å². The van der Waals surface area contributed by atoms with E-state index in [2.05, 4.69) is 15.5 Å². The van der Waals surface area contributed by atoms with E-state index < -0.39 is 9.84 Å². The van der Waals surface area contributed by atoms with E-state index >= 15 is 0 Å². The minimum absolute atomic E-state index is 0.00111. The molecular formula is C14H16N4O3S2. The number of benzene rings is 1. The van der Waals surface area contributed by atoms with Crippen LogP contribution >= 0.6 is 12.2 Å². The van der Waals surface area contributed by atoms with Gasteiger partial charge >= 0.3 is 0 Å². The van der Waals surface area contributed by atoms with Crippen molar-refractivity contribution in [3.8, 4) is 5.88 Å². The van der Waals surface area contributed by atoms with Crippen molar-refractivity contribution in [2.75, 3.05) is 11.5 Å². The van der Waals surface area contributed by atoms with Crippen LogP contribution in [0.1, 0.15) is 6.42 Å². The fourth-order valence-electron chi connectivity index (χ4n) is 2.67. The van der Waals surface area contributed by atoms with E-state index in [0.717, 1.165) is 10.9 Å². The van der Waals surface area contributed by atoms with Crippen LogP contribution in [0, 0.1) is 0 Å². The highest BCUT2D eigenvalue weighted by molar-refractivity contribution is 7.91. The monoisotopic (exact) mass is 352 g/mol. The van der Waals surface area contributed by atoms with E-state index in [1.54, 1.807) is 11.6 Å². The Morgan fingerprint density at radius 1 is 1.43 bits per heavy atom. The smallest absolute Gasteiger partial charge is 0.220 e. The third-order valence-corrected chi connectivity index (χ3v) is 5.82. The topological polar surface area (TPSA) is 96.0 Å². The number of hydrogen-bond acceptors (Lipinski definition) is 5. The summed E-state index contributed by atoms with van der Waals surface area (Å²) < 4.78 is 24.5. The Bertz CT molecular complexity index is 902. The van der Waals surface area contributed by atoms with Gasteiger partial charge in [-0.3, -0.25) is 0 Å². The lowest BCUT2D eigenvalue weighted by molar-refractivity contribution is 0.436. The quantitative estimate of drug-likeness (QED) is 0.637. The third kappa shape index (κ3) is 3.20. The molecule has 1 atom stereocenters. The van der Waals surface area contributed by atoms with Crippen molar-refractivity contribution in [1.29, 1.82) is 0 Å². The number of aromatic nitrogens is 1. The van der Waals surface area contributed by atoms with Crippen LogP contribution in [0.3, 0.4) is 0 Å². The maximum absolute atomic E-state index is 11.4. The highest BCUT2D eigenvalue weighted by Gasteiger charge is 2.28. The molecule has 0 aliphatic carbocycles. The lowest BCUT2D eigenvalue weighted by Crippen LogP contribution is -2.33. The zero-order valence-electron chi connectivity index (χ0n) is 12.4. The van der Waals surface area contributed by atoms with E-state index in [9.17, 15) is 13.5 Å². The number of aromatic hydroxyl groups is 1. The normalized spacial score (nSPS) is 20.3. The van der Waals surface area contributed by atoms with Gasteiger partial charge in [-0.15, -0.1) is 10.2 Å². The average Bonchev–Trinajstić information content (AvgIpc) is 2.96. The molecule has 1 aromatic carbocycles. The molecule has 1 saturated heterocycles. The first-order valence-corrected chi connectivity index (χ1v) is 9.29. The van der Waals surface area contributed by atoms with Gasteiger partial charge in [0.25, 0.3) is 0 Å². The molecule has 1 fully saturated rings. The number of aryl methyl sites for hydroxylation is 1. The van der Waals surface area contributed by atoms with Gasteiger partial charge in [0.1, 0.15) is 0 Å². The van der Waals surface area contributed by atoms with Crippen molar-refractivity contribution in [2.24, 2.45) is 17.3 Å². The predicted octanol–water partition coefficient (Wildman–Crippen LogP) is 2.03. The van der Waals surface area contributed by atoms with Gasteiger partial charge < -0.3 is 15.0 Å². The molecule has 0 bridgehead atoms. The van der Waals surface area contributed by atoms with Crippen LogP contribution in [-0.2, 0) is 16.9 Å². The third-order valence-electron chi connectivity index (χ3n) is 3.85. The zero-order chi connectivity index (χ0) is 16.6. The SMILES string of the molecule is Cn1c(O)c(N=NC(=S)N[C@H]2CCS(=O)(=O)C2)c2ccccc21. The van der Waals surface area contributed by atoms with Crippen molar-refractivity contribution in [3.05, 3.63) is 24.3 Å². The minimum atomic E-state index is -2.98. The first-order valence-electron chi connectivity index (χ1n) is 7.06. The Labute approximate surface area is 138 Å². The average molecular weight is 352 g/mol. The Balaban J connectivity index is 1.78. The number of hydrogen-bond donors (Lipinski definition) is 2. The van der Waals surface area contributed by atoms with Crippen LogP contribution in [0.15, 0.2) is 34.5 Å². The fraction of sp³-hybridized carbons (Fsp3) is 0.357. The molecular weight excluding hydrogens is 336 g/mol. The molecule has 0 unspecified atom stereocenters. The van der Waals surface area contributed by atoms with E-state index in [1.807, 2.05) is 24.3 Å². The van der Waals surface area contributed by atoms with Crippen molar-refractivity contribution < 1.29 is 13.5 Å². The molecule has 122 valence electrons. The van der Waals surface area contributed by atoms with Crippen LogP contribution in [0.25, 0.3) is 10.9 Å². The number of rotatable bonds is 2. The summed E-state index contributed by atoms with van der Waals surface area (Å²) in [4.78, 5) is 0. The van der Waals surface area contributed by atoms with Crippen molar-refractivity contribution in [2.45, 2.75) is 12.5 Å². The molecule has 1 aromatic heterocycles. The second kappa shape index (κ2) is 5.89. The van der Waals surface area contributed by atoms with E-state index in [4.69, 9.17) is 12.2 Å². The van der Waals surface area contributed by atoms with Gasteiger partial charge in [0.2, 0.25) is 11.0 Å². The Morgan fingerprint density at radius 2 is 2.17 bits per heavy atom. The Hall–Kier alpha value is -2.00. The lowest BCUT2D eigenvalue weighted by atomic mass is 10.2. The maximum Gasteiger partial charge on any atom is 0.220 e. The van der Waals surface area contributed by atoms with Crippen molar-refractivity contribution in [1.82, 2.24) is 9.88 Å². The van der Waals surface area contributed by atoms with Crippen LogP contribution in [0.2, 0.25) is 0 Å². The summed E-state index contributed by atoms with van der Waals surface area (Å²) in [5.74, 6) is 0.220. The first kappa shape index (κ1) is 15.9. The number of nitrogens with one attached hydrogen (secondary N) is 1. The maximum atomic E-state index is 11.4. The summed E-state index contributed by atoms with van der Waals surface area (Å²) in [5.41, 5.74) is 1.17. The molecule has 3 rings (SSSR count). The van der Waals surface area contributed by atoms with Gasteiger partial charge in [-0.1, -0.05) is 18.2 Å². The molecule has 0 amide bonds. The Morgan fingerprint density at radius 3 is 2.87 bits per heavy atom. The molecule has 0 spiro atoms. The summed E-state index contributed by atoms with van der Waals surface area (Å²) in [7, 11) is -1.25. The summed E-state index contributed by atoms with van der Waals surface area (Å²) in [5, 5.41) is 21.9. The fourth-order valence-corrected chi connectivity index (χ4v) is 4.55. The summed E-state index contributed by atoms with van der Waals surface area (Å²) in [6, 6.07) is 7.20. The predicted molar refractivity (Wildman–Crippen MR) is 91.9 cm³/mol. The summed E-state index contributed by atoms with van der Waals surface area (Å²) in [6.07, 6.45) is 0.511. The zero-order valence-corrected chi connectivity index (χ0v) is 14.1. The van der Waals surface area contributed by atoms with Crippen LogP contribution in [-0.4, -0.2) is 40.8 Å². The van der Waals surface area contributed by atoms with Crippen LogP contribution in [0.5, 0.6) is 5.88 Å². The molecule has 0 radical (unpaired) electrons. The summed E-state index contributed by atoms with van der Waals surface area (Å²) in [6.45, 7) is 0. The highest BCUT2D eigenvalue weighted by Crippen LogP contribution is 2.37. The van der Waals surface area contributed by atoms with Crippen molar-refractivity contribution in [3.63, 3.8) is 0 Å². The van der Waals surface area contributed by atoms with E-state index in [-0.39, 0.29) is 28.5 Å². The van der Waals surface area contributed by atoms with Gasteiger partial charge in [0.15, 0.2) is 15.5 Å². The molecule has 0 saturated carbocycles. The molecule has 9 heteroatoms. The highest BCUT2D eigenvalue weighted by atomic mass is 32.2. The van der Waals surface area contributed by atoms with Crippen LogP contribution < -0.4 is 5.32 Å². The van der Waals surface area contributed by atoms with Gasteiger partial charge in [-0.2, -0.15) is 0 Å². The number of para-hydroxylation sites is 1. The van der Waals surface area contributed by atoms with E-state index in [0.29, 0.717) is 12.1 Å². The number of thiocarbonyl (C=S) groups is 1. The molecule has 7 nitrogen and oxygen atoms in total. The summed E-state index contributed by atoms with van der Waals surface area (Å²) >= 11 is 5.08. The standard InChI is InChI=1S/C14H16N4O3S2/c1-18-11-5-3-2-4-10(11)12(13(18)19)16-17-14(22)15-9-6-7-23(20,21)8-9/h2-5,9,19H,6-8H2,1H3,(H,15,22)/t9-/m0/s1. The van der Waals surface area contributed by atoms with Gasteiger partial charge in [-0.05, 0) is 24.7 Å². The van der Waals surface area contributed by atoms with Crippen molar-refractivity contribution >= 4 is 43.8 Å². The molecule has 2 heterocycles.